The van der Waals surface area contributed by atoms with Crippen LogP contribution < -0.4 is 4.74 Å². The second-order valence-electron chi connectivity index (χ2n) is 8.77. The topological polar surface area (TPSA) is 9.23 Å². The summed E-state index contributed by atoms with van der Waals surface area (Å²) in [4.78, 5) is 0. The highest BCUT2D eigenvalue weighted by Crippen LogP contribution is 2.37. The highest BCUT2D eigenvalue weighted by atomic mass is 19.3. The van der Waals surface area contributed by atoms with E-state index in [1.807, 2.05) is 18.2 Å². The number of ether oxygens (including phenoxy) is 1. The summed E-state index contributed by atoms with van der Waals surface area (Å²) in [6, 6.07) is 9.58. The molecule has 7 heteroatoms. The molecule has 1 atom stereocenters. The Morgan fingerprint density at radius 3 is 2.12 bits per heavy atom. The number of fused-ring (bicyclic) bond motifs is 1. The minimum atomic E-state index is -4.23. The van der Waals surface area contributed by atoms with Crippen LogP contribution in [-0.4, -0.2) is 0 Å². The number of benzene rings is 3. The van der Waals surface area contributed by atoms with Crippen LogP contribution in [0.3, 0.4) is 0 Å². The maximum atomic E-state index is 14.7. The van der Waals surface area contributed by atoms with E-state index in [1.165, 1.54) is 36.5 Å². The van der Waals surface area contributed by atoms with Crippen molar-refractivity contribution in [1.82, 2.24) is 0 Å². The minimum Gasteiger partial charge on any atom is -0.429 e. The molecule has 1 aliphatic carbocycles. The van der Waals surface area contributed by atoms with E-state index in [2.05, 4.69) is 11.7 Å². The lowest BCUT2D eigenvalue weighted by Crippen LogP contribution is -2.23. The molecule has 0 saturated carbocycles. The van der Waals surface area contributed by atoms with E-state index in [9.17, 15) is 26.3 Å². The number of hydrogen-bond donors (Lipinski definition) is 0. The average molecular weight is 478 g/mol. The zero-order chi connectivity index (χ0) is 24.5. The van der Waals surface area contributed by atoms with E-state index in [4.69, 9.17) is 0 Å². The van der Waals surface area contributed by atoms with Crippen molar-refractivity contribution in [3.63, 3.8) is 0 Å². The first-order chi connectivity index (χ1) is 16.2. The van der Waals surface area contributed by atoms with Crippen molar-refractivity contribution in [2.75, 3.05) is 0 Å². The molecule has 1 nitrogen and oxygen atoms in total. The SMILES string of the molecule is CCCCCC1Cc2ccc(-c3ccc(C(F)(F)Oc4cc(F)c(F)c(F)c4)c(F)c3)cc2C1. The van der Waals surface area contributed by atoms with Crippen molar-refractivity contribution < 1.29 is 31.1 Å². The van der Waals surface area contributed by atoms with Gasteiger partial charge in [0.05, 0.1) is 5.56 Å². The summed E-state index contributed by atoms with van der Waals surface area (Å²) < 4.78 is 87.8. The molecule has 0 N–H and O–H groups in total. The standard InChI is InChI=1S/C27H24F6O/c1-2-3-4-5-16-10-17-6-7-18(12-20(17)11-16)19-8-9-22(23(28)13-19)27(32,33)34-21-14-24(29)26(31)25(30)15-21/h6-9,12-16H,2-5,10-11H2,1H3. The first-order valence-corrected chi connectivity index (χ1v) is 11.3. The van der Waals surface area contributed by atoms with Crippen LogP contribution in [0.4, 0.5) is 26.3 Å². The van der Waals surface area contributed by atoms with Crippen LogP contribution in [0.1, 0.15) is 49.3 Å². The summed E-state index contributed by atoms with van der Waals surface area (Å²) in [5.74, 6) is -6.79. The van der Waals surface area contributed by atoms with Crippen molar-refractivity contribution in [3.05, 3.63) is 88.5 Å². The van der Waals surface area contributed by atoms with Gasteiger partial charge in [-0.2, -0.15) is 8.78 Å². The van der Waals surface area contributed by atoms with Gasteiger partial charge in [-0.15, -0.1) is 0 Å². The van der Waals surface area contributed by atoms with Gasteiger partial charge in [-0.1, -0.05) is 50.5 Å². The first kappa shape index (κ1) is 24.2. The maximum Gasteiger partial charge on any atom is 0.429 e. The largest absolute Gasteiger partial charge is 0.429 e. The lowest BCUT2D eigenvalue weighted by Gasteiger charge is -2.19. The summed E-state index contributed by atoms with van der Waals surface area (Å²) in [7, 11) is 0. The lowest BCUT2D eigenvalue weighted by atomic mass is 9.98. The predicted octanol–water partition coefficient (Wildman–Crippen LogP) is 8.33. The zero-order valence-electron chi connectivity index (χ0n) is 18.6. The monoisotopic (exact) mass is 478 g/mol. The number of unbranched alkanes of at least 4 members (excludes halogenated alkanes) is 2. The minimum absolute atomic E-state index is 0.276. The second kappa shape index (κ2) is 9.72. The molecule has 0 heterocycles. The Morgan fingerprint density at radius 1 is 0.794 bits per heavy atom. The fourth-order valence-corrected chi connectivity index (χ4v) is 4.50. The van der Waals surface area contributed by atoms with Crippen LogP contribution in [0, 0.1) is 29.2 Å². The van der Waals surface area contributed by atoms with Gasteiger partial charge in [0.15, 0.2) is 17.5 Å². The third-order valence-corrected chi connectivity index (χ3v) is 6.26. The van der Waals surface area contributed by atoms with Gasteiger partial charge in [0.25, 0.3) is 0 Å². The van der Waals surface area contributed by atoms with Gasteiger partial charge < -0.3 is 4.74 Å². The van der Waals surface area contributed by atoms with E-state index >= 15 is 0 Å². The fraction of sp³-hybridized carbons (Fsp3) is 0.333. The van der Waals surface area contributed by atoms with E-state index in [0.717, 1.165) is 31.4 Å². The molecule has 3 aromatic carbocycles. The molecule has 0 saturated heterocycles. The summed E-state index contributed by atoms with van der Waals surface area (Å²) >= 11 is 0. The van der Waals surface area contributed by atoms with Gasteiger partial charge in [-0.3, -0.25) is 0 Å². The van der Waals surface area contributed by atoms with Gasteiger partial charge in [-0.25, -0.2) is 17.6 Å². The lowest BCUT2D eigenvalue weighted by molar-refractivity contribution is -0.187. The Hall–Kier alpha value is -2.96. The fourth-order valence-electron chi connectivity index (χ4n) is 4.50. The molecule has 0 spiro atoms. The molecule has 1 aliphatic rings. The Bertz CT molecular complexity index is 1170. The van der Waals surface area contributed by atoms with Crippen LogP contribution in [0.15, 0.2) is 48.5 Å². The van der Waals surface area contributed by atoms with E-state index in [-0.39, 0.29) is 12.1 Å². The molecule has 0 aliphatic heterocycles. The van der Waals surface area contributed by atoms with Crippen molar-refractivity contribution >= 4 is 0 Å². The molecule has 0 amide bonds. The summed E-state index contributed by atoms with van der Waals surface area (Å²) in [5, 5.41) is 0. The van der Waals surface area contributed by atoms with E-state index in [0.29, 0.717) is 17.0 Å². The predicted molar refractivity (Wildman–Crippen MR) is 118 cm³/mol. The summed E-state index contributed by atoms with van der Waals surface area (Å²) in [6.45, 7) is 2.17. The normalized spacial score (nSPS) is 15.4. The molecule has 0 bridgehead atoms. The third kappa shape index (κ3) is 5.08. The van der Waals surface area contributed by atoms with Crippen LogP contribution >= 0.6 is 0 Å². The molecule has 0 radical (unpaired) electrons. The van der Waals surface area contributed by atoms with Crippen LogP contribution in [0.2, 0.25) is 0 Å². The van der Waals surface area contributed by atoms with Crippen molar-refractivity contribution in [2.24, 2.45) is 5.92 Å². The molecular weight excluding hydrogens is 454 g/mol. The molecule has 4 rings (SSSR count). The quantitative estimate of drug-likeness (QED) is 0.180. The molecule has 3 aromatic rings. The molecule has 1 unspecified atom stereocenters. The van der Waals surface area contributed by atoms with Crippen LogP contribution in [0.25, 0.3) is 11.1 Å². The van der Waals surface area contributed by atoms with Gasteiger partial charge in [0.1, 0.15) is 11.6 Å². The third-order valence-electron chi connectivity index (χ3n) is 6.26. The molecule has 0 fully saturated rings. The van der Waals surface area contributed by atoms with Crippen LogP contribution in [-0.2, 0) is 19.0 Å². The zero-order valence-corrected chi connectivity index (χ0v) is 18.6. The van der Waals surface area contributed by atoms with Crippen molar-refractivity contribution in [3.8, 4) is 16.9 Å². The maximum absolute atomic E-state index is 14.7. The second-order valence-corrected chi connectivity index (χ2v) is 8.77. The molecule has 180 valence electrons. The molecular formula is C27H24F6O. The van der Waals surface area contributed by atoms with E-state index < -0.39 is 40.7 Å². The van der Waals surface area contributed by atoms with Gasteiger partial charge in [0, 0.05) is 12.1 Å². The highest BCUT2D eigenvalue weighted by molar-refractivity contribution is 5.66. The van der Waals surface area contributed by atoms with Crippen molar-refractivity contribution in [1.29, 1.82) is 0 Å². The molecule has 0 aromatic heterocycles. The van der Waals surface area contributed by atoms with Crippen molar-refractivity contribution in [2.45, 2.75) is 51.6 Å². The number of alkyl halides is 2. The smallest absolute Gasteiger partial charge is 0.429 e. The Morgan fingerprint density at radius 2 is 1.44 bits per heavy atom. The number of hydrogen-bond acceptors (Lipinski definition) is 1. The first-order valence-electron chi connectivity index (χ1n) is 11.3. The Balaban J connectivity index is 1.52. The number of rotatable bonds is 8. The van der Waals surface area contributed by atoms with Gasteiger partial charge in [-0.05, 0) is 59.6 Å². The number of halogens is 6. The summed E-state index contributed by atoms with van der Waals surface area (Å²) in [5.41, 5.74) is 2.50. The van der Waals surface area contributed by atoms with Gasteiger partial charge in [0.2, 0.25) is 0 Å². The average Bonchev–Trinajstić information content (AvgIpc) is 3.19. The Kier molecular flexibility index (Phi) is 6.91. The van der Waals surface area contributed by atoms with E-state index in [1.54, 1.807) is 0 Å². The summed E-state index contributed by atoms with van der Waals surface area (Å²) in [6.07, 6.45) is 2.48. The molecule has 34 heavy (non-hydrogen) atoms. The van der Waals surface area contributed by atoms with Crippen LogP contribution in [0.5, 0.6) is 5.75 Å². The van der Waals surface area contributed by atoms with Gasteiger partial charge >= 0.3 is 6.11 Å². The Labute approximate surface area is 194 Å². The highest BCUT2D eigenvalue weighted by Gasteiger charge is 2.38.